The van der Waals surface area contributed by atoms with E-state index in [0.717, 1.165) is 28.8 Å². The Hall–Kier alpha value is -1.97. The second-order valence-electron chi connectivity index (χ2n) is 5.06. The Morgan fingerprint density at radius 3 is 1.95 bits per heavy atom. The topological polar surface area (TPSA) is 20.2 Å². The maximum Gasteiger partial charge on any atom is 0.416 e. The van der Waals surface area contributed by atoms with Gasteiger partial charge in [0, 0.05) is 0 Å². The zero-order chi connectivity index (χ0) is 14.9. The number of hydrogen-bond donors (Lipinski definition) is 1. The first-order chi connectivity index (χ1) is 9.24. The van der Waals surface area contributed by atoms with Gasteiger partial charge in [-0.1, -0.05) is 29.3 Å². The molecule has 0 unspecified atom stereocenters. The number of phenols is 1. The van der Waals surface area contributed by atoms with Crippen molar-refractivity contribution >= 4 is 0 Å². The molecule has 2 aromatic carbocycles. The van der Waals surface area contributed by atoms with Crippen LogP contribution in [0.4, 0.5) is 13.2 Å². The van der Waals surface area contributed by atoms with Crippen molar-refractivity contribution in [1.29, 1.82) is 0 Å². The average Bonchev–Trinajstić information content (AvgIpc) is 2.25. The lowest BCUT2D eigenvalue weighted by molar-refractivity contribution is -0.137. The van der Waals surface area contributed by atoms with Gasteiger partial charge < -0.3 is 5.11 Å². The molecule has 0 atom stereocenters. The predicted molar refractivity (Wildman–Crippen MR) is 71.8 cm³/mol. The summed E-state index contributed by atoms with van der Waals surface area (Å²) in [5.74, 6) is -0.362. The number of aryl methyl sites for hydroxylation is 2. The van der Waals surface area contributed by atoms with Gasteiger partial charge in [0.1, 0.15) is 5.75 Å². The summed E-state index contributed by atoms with van der Waals surface area (Å²) in [6.45, 7) is 3.89. The fourth-order valence-electron chi connectivity index (χ4n) is 2.35. The van der Waals surface area contributed by atoms with Crippen LogP contribution in [0.2, 0.25) is 0 Å². The summed E-state index contributed by atoms with van der Waals surface area (Å²) >= 11 is 0. The molecule has 0 saturated heterocycles. The van der Waals surface area contributed by atoms with Gasteiger partial charge in [-0.2, -0.15) is 13.2 Å². The molecule has 0 aliphatic rings. The van der Waals surface area contributed by atoms with Gasteiger partial charge in [-0.15, -0.1) is 0 Å². The fourth-order valence-corrected chi connectivity index (χ4v) is 2.35. The monoisotopic (exact) mass is 280 g/mol. The van der Waals surface area contributed by atoms with E-state index in [1.807, 2.05) is 32.0 Å². The molecule has 0 aliphatic heterocycles. The molecule has 1 nitrogen and oxygen atoms in total. The fraction of sp³-hybridized carbons (Fsp3) is 0.250. The summed E-state index contributed by atoms with van der Waals surface area (Å²) in [4.78, 5) is 0. The van der Waals surface area contributed by atoms with E-state index < -0.39 is 11.7 Å². The lowest BCUT2D eigenvalue weighted by Gasteiger charge is -2.11. The highest BCUT2D eigenvalue weighted by molar-refractivity contribution is 5.39. The van der Waals surface area contributed by atoms with Crippen molar-refractivity contribution in [2.45, 2.75) is 26.4 Å². The van der Waals surface area contributed by atoms with Crippen molar-refractivity contribution in [3.05, 3.63) is 64.2 Å². The van der Waals surface area contributed by atoms with E-state index in [2.05, 4.69) is 0 Å². The number of aromatic hydroxyl groups is 1. The normalized spacial score (nSPS) is 11.7. The minimum atomic E-state index is -4.45. The summed E-state index contributed by atoms with van der Waals surface area (Å²) in [7, 11) is 0. The number of halogens is 3. The van der Waals surface area contributed by atoms with Crippen LogP contribution in [0.1, 0.15) is 27.8 Å². The van der Waals surface area contributed by atoms with Crippen molar-refractivity contribution in [1.82, 2.24) is 0 Å². The van der Waals surface area contributed by atoms with Crippen LogP contribution in [0.5, 0.6) is 5.75 Å². The minimum Gasteiger partial charge on any atom is -0.508 e. The Kier molecular flexibility index (Phi) is 3.75. The van der Waals surface area contributed by atoms with Crippen LogP contribution in [-0.2, 0) is 12.6 Å². The lowest BCUT2D eigenvalue weighted by atomic mass is 9.99. The zero-order valence-corrected chi connectivity index (χ0v) is 11.3. The molecule has 4 heteroatoms. The highest BCUT2D eigenvalue weighted by Crippen LogP contribution is 2.32. The van der Waals surface area contributed by atoms with E-state index in [4.69, 9.17) is 0 Å². The molecule has 0 bridgehead atoms. The summed E-state index contributed by atoms with van der Waals surface area (Å²) in [6, 6.07) is 9.07. The zero-order valence-electron chi connectivity index (χ0n) is 11.3. The van der Waals surface area contributed by atoms with Crippen molar-refractivity contribution in [3.63, 3.8) is 0 Å². The van der Waals surface area contributed by atoms with E-state index >= 15 is 0 Å². The van der Waals surface area contributed by atoms with Crippen LogP contribution < -0.4 is 0 Å². The van der Waals surface area contributed by atoms with E-state index in [-0.39, 0.29) is 5.75 Å². The van der Waals surface area contributed by atoms with Gasteiger partial charge in [-0.25, -0.2) is 0 Å². The number of phenolic OH excluding ortho intramolecular Hbond substituents is 1. The molecule has 0 radical (unpaired) electrons. The molecule has 106 valence electrons. The van der Waals surface area contributed by atoms with Crippen LogP contribution >= 0.6 is 0 Å². The highest BCUT2D eigenvalue weighted by Gasteiger charge is 2.31. The standard InChI is InChI=1S/C16H15F3O/c1-10-3-11(2)5-12(4-10)6-13-7-14(16(17,18)19)9-15(20)8-13/h3-5,7-9,20H,6H2,1-2H3. The number of alkyl halides is 3. The third kappa shape index (κ3) is 3.53. The molecule has 0 fully saturated rings. The Morgan fingerprint density at radius 2 is 1.40 bits per heavy atom. The maximum absolute atomic E-state index is 12.7. The molecule has 2 rings (SSSR count). The molecule has 0 aliphatic carbocycles. The van der Waals surface area contributed by atoms with Crippen LogP contribution in [0.15, 0.2) is 36.4 Å². The smallest absolute Gasteiger partial charge is 0.416 e. The molecular formula is C16H15F3O. The molecule has 0 spiro atoms. The molecule has 0 amide bonds. The maximum atomic E-state index is 12.7. The van der Waals surface area contributed by atoms with Gasteiger partial charge in [-0.3, -0.25) is 0 Å². The van der Waals surface area contributed by atoms with Gasteiger partial charge >= 0.3 is 6.18 Å². The van der Waals surface area contributed by atoms with Crippen molar-refractivity contribution in [2.24, 2.45) is 0 Å². The van der Waals surface area contributed by atoms with Crippen molar-refractivity contribution < 1.29 is 18.3 Å². The third-order valence-corrected chi connectivity index (χ3v) is 2.99. The summed E-state index contributed by atoms with van der Waals surface area (Å²) < 4.78 is 38.1. The Bertz CT molecular complexity index is 610. The van der Waals surface area contributed by atoms with Gasteiger partial charge in [0.2, 0.25) is 0 Å². The molecular weight excluding hydrogens is 265 g/mol. The van der Waals surface area contributed by atoms with E-state index in [1.54, 1.807) is 0 Å². The third-order valence-electron chi connectivity index (χ3n) is 2.99. The molecule has 0 heterocycles. The average molecular weight is 280 g/mol. The van der Waals surface area contributed by atoms with Crippen molar-refractivity contribution in [3.8, 4) is 5.75 Å². The second kappa shape index (κ2) is 5.19. The van der Waals surface area contributed by atoms with Crippen LogP contribution in [0, 0.1) is 13.8 Å². The van der Waals surface area contributed by atoms with Crippen LogP contribution in [-0.4, -0.2) is 5.11 Å². The second-order valence-corrected chi connectivity index (χ2v) is 5.06. The Labute approximate surface area is 115 Å². The Balaban J connectivity index is 2.36. The van der Waals surface area contributed by atoms with Crippen LogP contribution in [0.25, 0.3) is 0 Å². The first kappa shape index (κ1) is 14.4. The predicted octanol–water partition coefficient (Wildman–Crippen LogP) is 4.62. The van der Waals surface area contributed by atoms with E-state index in [0.29, 0.717) is 12.0 Å². The summed E-state index contributed by atoms with van der Waals surface area (Å²) in [5.41, 5.74) is 2.69. The van der Waals surface area contributed by atoms with Crippen LogP contribution in [0.3, 0.4) is 0 Å². The number of hydrogen-bond acceptors (Lipinski definition) is 1. The van der Waals surface area contributed by atoms with Gasteiger partial charge in [0.15, 0.2) is 0 Å². The Morgan fingerprint density at radius 1 is 0.850 bits per heavy atom. The van der Waals surface area contributed by atoms with E-state index in [1.165, 1.54) is 6.07 Å². The van der Waals surface area contributed by atoms with Gasteiger partial charge in [0.05, 0.1) is 5.56 Å². The lowest BCUT2D eigenvalue weighted by Crippen LogP contribution is -2.05. The number of benzene rings is 2. The van der Waals surface area contributed by atoms with E-state index in [9.17, 15) is 18.3 Å². The van der Waals surface area contributed by atoms with Gasteiger partial charge in [0.25, 0.3) is 0 Å². The molecule has 0 aromatic heterocycles. The summed E-state index contributed by atoms with van der Waals surface area (Å²) in [6.07, 6.45) is -4.09. The molecule has 20 heavy (non-hydrogen) atoms. The molecule has 1 N–H and O–H groups in total. The van der Waals surface area contributed by atoms with Gasteiger partial charge in [-0.05, 0) is 49.6 Å². The first-order valence-electron chi connectivity index (χ1n) is 6.21. The molecule has 0 saturated carbocycles. The first-order valence-corrected chi connectivity index (χ1v) is 6.21. The highest BCUT2D eigenvalue weighted by atomic mass is 19.4. The quantitative estimate of drug-likeness (QED) is 0.851. The SMILES string of the molecule is Cc1cc(C)cc(Cc2cc(O)cc(C(F)(F)F)c2)c1. The summed E-state index contributed by atoms with van der Waals surface area (Å²) in [5, 5.41) is 9.44. The molecule has 2 aromatic rings. The van der Waals surface area contributed by atoms with Crippen molar-refractivity contribution in [2.75, 3.05) is 0 Å². The number of rotatable bonds is 2. The largest absolute Gasteiger partial charge is 0.508 e. The minimum absolute atomic E-state index is 0.361.